The van der Waals surface area contributed by atoms with Gasteiger partial charge in [-0.3, -0.25) is 4.79 Å². The molecule has 0 spiro atoms. The van der Waals surface area contributed by atoms with Crippen molar-refractivity contribution in [2.45, 2.75) is 78.1 Å². The molecule has 4 nitrogen and oxygen atoms in total. The van der Waals surface area contributed by atoms with Crippen molar-refractivity contribution in [2.75, 3.05) is 0 Å². The van der Waals surface area contributed by atoms with Gasteiger partial charge in [-0.15, -0.1) is 0 Å². The number of rotatable bonds is 2. The first kappa shape index (κ1) is 17.5. The van der Waals surface area contributed by atoms with Gasteiger partial charge in [-0.2, -0.15) is 0 Å². The highest BCUT2D eigenvalue weighted by Gasteiger charge is 2.52. The Morgan fingerprint density at radius 3 is 2.21 bits per heavy atom. The normalized spacial score (nSPS) is 27.8. The van der Waals surface area contributed by atoms with Crippen molar-refractivity contribution >= 4 is 18.4 Å². The summed E-state index contributed by atoms with van der Waals surface area (Å²) in [5.41, 5.74) is 1.36. The van der Waals surface area contributed by atoms with Gasteiger partial charge in [0.05, 0.1) is 23.2 Å². The molecule has 0 bridgehead atoms. The predicted molar refractivity (Wildman–Crippen MR) is 95.2 cm³/mol. The molecular weight excluding hydrogens is 303 g/mol. The van der Waals surface area contributed by atoms with Crippen LogP contribution in [0, 0.1) is 6.92 Å². The molecule has 0 N–H and O–H groups in total. The SMILES string of the molecule is CCC1(C)CC(=O)c2cc(C)c(B3OC(C)(C)C(C)(C)O3)cc2O1. The van der Waals surface area contributed by atoms with Crippen LogP contribution in [-0.2, 0) is 9.31 Å². The van der Waals surface area contributed by atoms with E-state index in [1.807, 2.05) is 60.6 Å². The van der Waals surface area contributed by atoms with Crippen LogP contribution in [-0.4, -0.2) is 29.7 Å². The summed E-state index contributed by atoms with van der Waals surface area (Å²) in [7, 11) is -0.450. The molecule has 2 aliphatic rings. The Labute approximate surface area is 145 Å². The minimum atomic E-state index is -0.450. The molecule has 0 aliphatic carbocycles. The van der Waals surface area contributed by atoms with Crippen LogP contribution in [0.3, 0.4) is 0 Å². The Morgan fingerprint density at radius 1 is 1.08 bits per heavy atom. The van der Waals surface area contributed by atoms with Gasteiger partial charge >= 0.3 is 7.12 Å². The maximum atomic E-state index is 12.5. The maximum absolute atomic E-state index is 12.5. The molecule has 1 unspecified atom stereocenters. The molecule has 0 saturated carbocycles. The highest BCUT2D eigenvalue weighted by Crippen LogP contribution is 2.39. The van der Waals surface area contributed by atoms with Crippen LogP contribution < -0.4 is 10.2 Å². The van der Waals surface area contributed by atoms with E-state index in [1.165, 1.54) is 0 Å². The summed E-state index contributed by atoms with van der Waals surface area (Å²) >= 11 is 0. The smallest absolute Gasteiger partial charge is 0.486 e. The number of carbonyl (C=O) groups excluding carboxylic acids is 1. The van der Waals surface area contributed by atoms with Gasteiger partial charge in [0, 0.05) is 0 Å². The Kier molecular flexibility index (Phi) is 3.89. The van der Waals surface area contributed by atoms with Crippen molar-refractivity contribution in [3.8, 4) is 5.75 Å². The quantitative estimate of drug-likeness (QED) is 0.780. The average molecular weight is 330 g/mol. The standard InChI is InChI=1S/C19H27BO4/c1-8-19(7)11-15(21)13-9-12(2)14(10-16(13)22-19)20-23-17(3,4)18(5,6)24-20/h9-10H,8,11H2,1-7H3. The van der Waals surface area contributed by atoms with Crippen molar-refractivity contribution in [1.29, 1.82) is 0 Å². The number of fused-ring (bicyclic) bond motifs is 1. The number of hydrogen-bond acceptors (Lipinski definition) is 4. The zero-order chi connectivity index (χ0) is 17.9. The van der Waals surface area contributed by atoms with Gasteiger partial charge in [-0.05, 0) is 65.6 Å². The Balaban J connectivity index is 2.01. The molecule has 1 saturated heterocycles. The number of ether oxygens (including phenoxy) is 1. The van der Waals surface area contributed by atoms with E-state index in [4.69, 9.17) is 14.0 Å². The lowest BCUT2D eigenvalue weighted by Gasteiger charge is -2.34. The summed E-state index contributed by atoms with van der Waals surface area (Å²) < 4.78 is 18.5. The zero-order valence-corrected chi connectivity index (χ0v) is 15.8. The zero-order valence-electron chi connectivity index (χ0n) is 15.8. The number of aryl methyl sites for hydroxylation is 1. The molecule has 0 radical (unpaired) electrons. The van der Waals surface area contributed by atoms with Gasteiger partial charge in [0.1, 0.15) is 11.4 Å². The lowest BCUT2D eigenvalue weighted by Crippen LogP contribution is -2.41. The van der Waals surface area contributed by atoms with Gasteiger partial charge < -0.3 is 14.0 Å². The molecule has 1 aromatic carbocycles. The monoisotopic (exact) mass is 330 g/mol. The van der Waals surface area contributed by atoms with Crippen LogP contribution in [0.2, 0.25) is 0 Å². The molecule has 3 rings (SSSR count). The number of carbonyl (C=O) groups is 1. The summed E-state index contributed by atoms with van der Waals surface area (Å²) in [5, 5.41) is 0. The minimum absolute atomic E-state index is 0.143. The van der Waals surface area contributed by atoms with Crippen molar-refractivity contribution < 1.29 is 18.8 Å². The largest absolute Gasteiger partial charge is 0.495 e. The van der Waals surface area contributed by atoms with Crippen molar-refractivity contribution in [2.24, 2.45) is 0 Å². The van der Waals surface area contributed by atoms with Gasteiger partial charge in [0.2, 0.25) is 0 Å². The third-order valence-corrected chi connectivity index (χ3v) is 5.81. The van der Waals surface area contributed by atoms with Crippen LogP contribution in [0.25, 0.3) is 0 Å². The van der Waals surface area contributed by atoms with E-state index in [-0.39, 0.29) is 5.78 Å². The van der Waals surface area contributed by atoms with Crippen LogP contribution in [0.1, 0.15) is 70.3 Å². The van der Waals surface area contributed by atoms with E-state index in [1.54, 1.807) is 0 Å². The van der Waals surface area contributed by atoms with E-state index >= 15 is 0 Å². The van der Waals surface area contributed by atoms with E-state index < -0.39 is 23.9 Å². The second kappa shape index (κ2) is 5.33. The first-order valence-corrected chi connectivity index (χ1v) is 8.70. The molecule has 0 amide bonds. The number of Topliss-reactive ketones (excluding diaryl/α,β-unsaturated/α-hetero) is 1. The topological polar surface area (TPSA) is 44.8 Å². The third kappa shape index (κ3) is 2.68. The van der Waals surface area contributed by atoms with Crippen molar-refractivity contribution in [1.82, 2.24) is 0 Å². The highest BCUT2D eigenvalue weighted by atomic mass is 16.7. The van der Waals surface area contributed by atoms with Crippen LogP contribution >= 0.6 is 0 Å². The van der Waals surface area contributed by atoms with Crippen molar-refractivity contribution in [3.63, 3.8) is 0 Å². The molecule has 2 aliphatic heterocycles. The molecule has 130 valence electrons. The predicted octanol–water partition coefficient (Wildman–Crippen LogP) is 3.43. The third-order valence-electron chi connectivity index (χ3n) is 5.81. The molecule has 1 aromatic rings. The molecule has 5 heteroatoms. The van der Waals surface area contributed by atoms with Crippen molar-refractivity contribution in [3.05, 3.63) is 23.3 Å². The summed E-state index contributed by atoms with van der Waals surface area (Å²) in [6, 6.07) is 3.84. The lowest BCUT2D eigenvalue weighted by atomic mass is 9.74. The Hall–Kier alpha value is -1.33. The molecular formula is C19H27BO4. The summed E-state index contributed by atoms with van der Waals surface area (Å²) in [4.78, 5) is 12.5. The molecule has 0 aromatic heterocycles. The molecule has 24 heavy (non-hydrogen) atoms. The number of benzene rings is 1. The Morgan fingerprint density at radius 2 is 1.67 bits per heavy atom. The minimum Gasteiger partial charge on any atom is -0.486 e. The number of ketones is 1. The van der Waals surface area contributed by atoms with Gasteiger partial charge in [-0.1, -0.05) is 12.5 Å². The summed E-state index contributed by atoms with van der Waals surface area (Å²) in [6.07, 6.45) is 1.21. The summed E-state index contributed by atoms with van der Waals surface area (Å²) in [6.45, 7) is 14.2. The Bertz CT molecular complexity index is 679. The first-order chi connectivity index (χ1) is 11.0. The second-order valence-electron chi connectivity index (χ2n) is 8.30. The van der Waals surface area contributed by atoms with E-state index in [2.05, 4.69) is 0 Å². The van der Waals surface area contributed by atoms with Crippen LogP contribution in [0.15, 0.2) is 12.1 Å². The average Bonchev–Trinajstić information content (AvgIpc) is 2.68. The lowest BCUT2D eigenvalue weighted by molar-refractivity contribution is 0.00578. The fourth-order valence-corrected chi connectivity index (χ4v) is 3.16. The van der Waals surface area contributed by atoms with Gasteiger partial charge in [-0.25, -0.2) is 0 Å². The van der Waals surface area contributed by atoms with E-state index in [0.29, 0.717) is 17.7 Å². The molecule has 1 fully saturated rings. The number of hydrogen-bond donors (Lipinski definition) is 0. The molecule has 1 atom stereocenters. The first-order valence-electron chi connectivity index (χ1n) is 8.70. The van der Waals surface area contributed by atoms with Crippen LogP contribution in [0.4, 0.5) is 0 Å². The van der Waals surface area contributed by atoms with E-state index in [0.717, 1.165) is 17.4 Å². The van der Waals surface area contributed by atoms with E-state index in [9.17, 15) is 4.79 Å². The molecule has 2 heterocycles. The summed E-state index contributed by atoms with van der Waals surface area (Å²) in [5.74, 6) is 0.787. The highest BCUT2D eigenvalue weighted by molar-refractivity contribution is 6.62. The second-order valence-corrected chi connectivity index (χ2v) is 8.30. The maximum Gasteiger partial charge on any atom is 0.495 e. The fraction of sp³-hybridized carbons (Fsp3) is 0.632. The van der Waals surface area contributed by atoms with Crippen LogP contribution in [0.5, 0.6) is 5.75 Å². The van der Waals surface area contributed by atoms with Gasteiger partial charge in [0.25, 0.3) is 0 Å². The van der Waals surface area contributed by atoms with Gasteiger partial charge in [0.15, 0.2) is 5.78 Å². The fourth-order valence-electron chi connectivity index (χ4n) is 3.16.